The second-order valence-electron chi connectivity index (χ2n) is 4.33. The highest BCUT2D eigenvalue weighted by Crippen LogP contribution is 2.13. The van der Waals surface area contributed by atoms with E-state index >= 15 is 0 Å². The number of likely N-dealkylation sites (N-methyl/N-ethyl adjacent to an activating group) is 1. The largest absolute Gasteiger partial charge is 0.326 e. The topological polar surface area (TPSA) is 52.0 Å². The Morgan fingerprint density at radius 3 is 2.00 bits per heavy atom. The van der Waals surface area contributed by atoms with E-state index in [0.29, 0.717) is 0 Å². The zero-order chi connectivity index (χ0) is 11.9. The Labute approximate surface area is 98.6 Å². The molecule has 0 fully saturated rings. The Kier molecular flexibility index (Phi) is 5.46. The molecular formula is C13H24N3+. The van der Waals surface area contributed by atoms with Gasteiger partial charge in [-0.05, 0) is 6.92 Å². The second-order valence-corrected chi connectivity index (χ2v) is 4.33. The summed E-state index contributed by atoms with van der Waals surface area (Å²) in [5, 5.41) is 0. The number of rotatable bonds is 7. The summed E-state index contributed by atoms with van der Waals surface area (Å²) >= 11 is 0. The summed E-state index contributed by atoms with van der Waals surface area (Å²) in [4.78, 5) is 0. The molecule has 0 spiro atoms. The molecule has 0 heterocycles. The number of quaternary nitrogens is 1. The third-order valence-electron chi connectivity index (χ3n) is 3.24. The zero-order valence-electron chi connectivity index (χ0n) is 10.2. The summed E-state index contributed by atoms with van der Waals surface area (Å²) in [5.74, 6) is 0. The van der Waals surface area contributed by atoms with Crippen LogP contribution in [0.15, 0.2) is 30.3 Å². The molecule has 0 atom stereocenters. The smallest absolute Gasteiger partial charge is 0.104 e. The monoisotopic (exact) mass is 222 g/mol. The van der Waals surface area contributed by atoms with E-state index in [1.165, 1.54) is 5.56 Å². The van der Waals surface area contributed by atoms with Gasteiger partial charge in [-0.2, -0.15) is 0 Å². The Balaban J connectivity index is 2.76. The molecule has 1 aromatic rings. The van der Waals surface area contributed by atoms with Crippen LogP contribution in [0.25, 0.3) is 0 Å². The van der Waals surface area contributed by atoms with Crippen LogP contribution >= 0.6 is 0 Å². The molecule has 0 radical (unpaired) electrons. The first-order valence-corrected chi connectivity index (χ1v) is 6.05. The molecule has 16 heavy (non-hydrogen) atoms. The lowest BCUT2D eigenvalue weighted by Gasteiger charge is -2.37. The number of hydrogen-bond acceptors (Lipinski definition) is 2. The van der Waals surface area contributed by atoms with Crippen LogP contribution in [0, 0.1) is 0 Å². The number of nitrogens with two attached hydrogens (primary N) is 2. The van der Waals surface area contributed by atoms with Crippen molar-refractivity contribution >= 4 is 0 Å². The van der Waals surface area contributed by atoms with Crippen molar-refractivity contribution in [3.8, 4) is 0 Å². The van der Waals surface area contributed by atoms with Gasteiger partial charge in [0.15, 0.2) is 0 Å². The molecule has 0 amide bonds. The van der Waals surface area contributed by atoms with Crippen molar-refractivity contribution in [3.63, 3.8) is 0 Å². The Morgan fingerprint density at radius 1 is 1.00 bits per heavy atom. The van der Waals surface area contributed by atoms with Gasteiger partial charge in [0.1, 0.15) is 6.54 Å². The van der Waals surface area contributed by atoms with Gasteiger partial charge in [-0.3, -0.25) is 0 Å². The van der Waals surface area contributed by atoms with Crippen LogP contribution in [-0.4, -0.2) is 37.2 Å². The first-order chi connectivity index (χ1) is 7.76. The maximum atomic E-state index is 5.72. The fourth-order valence-corrected chi connectivity index (χ4v) is 2.22. The van der Waals surface area contributed by atoms with Crippen LogP contribution in [-0.2, 0) is 6.54 Å². The third-order valence-corrected chi connectivity index (χ3v) is 3.24. The van der Waals surface area contributed by atoms with E-state index in [9.17, 15) is 0 Å². The molecule has 1 rings (SSSR count). The molecule has 90 valence electrons. The van der Waals surface area contributed by atoms with Crippen molar-refractivity contribution in [2.24, 2.45) is 11.5 Å². The van der Waals surface area contributed by atoms with Gasteiger partial charge in [0.25, 0.3) is 0 Å². The van der Waals surface area contributed by atoms with E-state index in [1.54, 1.807) is 0 Å². The molecular weight excluding hydrogens is 198 g/mol. The highest BCUT2D eigenvalue weighted by Gasteiger charge is 2.23. The molecule has 0 aliphatic heterocycles. The molecule has 0 aliphatic rings. The van der Waals surface area contributed by atoms with E-state index < -0.39 is 0 Å². The lowest BCUT2D eigenvalue weighted by Crippen LogP contribution is -2.52. The summed E-state index contributed by atoms with van der Waals surface area (Å²) in [5.41, 5.74) is 12.8. The predicted molar refractivity (Wildman–Crippen MR) is 68.8 cm³/mol. The van der Waals surface area contributed by atoms with Gasteiger partial charge in [-0.25, -0.2) is 0 Å². The molecule has 3 heteroatoms. The van der Waals surface area contributed by atoms with Gasteiger partial charge in [0.2, 0.25) is 0 Å². The maximum Gasteiger partial charge on any atom is 0.104 e. The van der Waals surface area contributed by atoms with Gasteiger partial charge < -0.3 is 16.0 Å². The van der Waals surface area contributed by atoms with Crippen molar-refractivity contribution in [3.05, 3.63) is 35.9 Å². The van der Waals surface area contributed by atoms with Gasteiger partial charge in [-0.1, -0.05) is 30.3 Å². The Hall–Kier alpha value is -0.900. The van der Waals surface area contributed by atoms with E-state index in [4.69, 9.17) is 11.5 Å². The first-order valence-electron chi connectivity index (χ1n) is 6.05. The van der Waals surface area contributed by atoms with E-state index in [1.807, 2.05) is 0 Å². The summed E-state index contributed by atoms with van der Waals surface area (Å²) in [6, 6.07) is 10.6. The highest BCUT2D eigenvalue weighted by atomic mass is 15.4. The van der Waals surface area contributed by atoms with Crippen molar-refractivity contribution in [1.29, 1.82) is 0 Å². The number of benzene rings is 1. The van der Waals surface area contributed by atoms with Gasteiger partial charge in [0.05, 0.1) is 19.6 Å². The molecule has 0 aromatic heterocycles. The standard InChI is InChI=1S/C13H24N3/c1-2-16(10-8-14,11-9-15)12-13-6-4-3-5-7-13/h3-7H,2,8-12,14-15H2,1H3/q+1. The molecule has 0 bridgehead atoms. The Morgan fingerprint density at radius 2 is 1.56 bits per heavy atom. The molecule has 1 aromatic carbocycles. The molecule has 4 N–H and O–H groups in total. The first kappa shape index (κ1) is 13.2. The fourth-order valence-electron chi connectivity index (χ4n) is 2.22. The Bertz CT molecular complexity index is 278. The number of nitrogens with zero attached hydrogens (tertiary/aromatic N) is 1. The minimum Gasteiger partial charge on any atom is -0.326 e. The van der Waals surface area contributed by atoms with Crippen LogP contribution in [0.5, 0.6) is 0 Å². The SMILES string of the molecule is CC[N+](CCN)(CCN)Cc1ccccc1. The average Bonchev–Trinajstić information content (AvgIpc) is 2.31. The molecule has 0 saturated heterocycles. The predicted octanol–water partition coefficient (Wildman–Crippen LogP) is 0.941. The average molecular weight is 222 g/mol. The van der Waals surface area contributed by atoms with Gasteiger partial charge in [-0.15, -0.1) is 0 Å². The van der Waals surface area contributed by atoms with Crippen LogP contribution in [0.3, 0.4) is 0 Å². The highest BCUT2D eigenvalue weighted by molar-refractivity contribution is 5.13. The maximum absolute atomic E-state index is 5.72. The fraction of sp³-hybridized carbons (Fsp3) is 0.538. The van der Waals surface area contributed by atoms with E-state index in [2.05, 4.69) is 37.3 Å². The van der Waals surface area contributed by atoms with Crippen molar-refractivity contribution < 1.29 is 4.48 Å². The van der Waals surface area contributed by atoms with Crippen LogP contribution in [0.1, 0.15) is 12.5 Å². The quantitative estimate of drug-likeness (QED) is 0.675. The van der Waals surface area contributed by atoms with Gasteiger partial charge in [0, 0.05) is 18.7 Å². The lowest BCUT2D eigenvalue weighted by molar-refractivity contribution is -0.936. The van der Waals surface area contributed by atoms with E-state index in [0.717, 1.165) is 43.8 Å². The van der Waals surface area contributed by atoms with Crippen LogP contribution in [0.4, 0.5) is 0 Å². The van der Waals surface area contributed by atoms with Crippen molar-refractivity contribution in [1.82, 2.24) is 0 Å². The van der Waals surface area contributed by atoms with E-state index in [-0.39, 0.29) is 0 Å². The number of hydrogen-bond donors (Lipinski definition) is 2. The lowest BCUT2D eigenvalue weighted by atomic mass is 10.1. The molecule has 3 nitrogen and oxygen atoms in total. The minimum atomic E-state index is 0.723. The molecule has 0 aliphatic carbocycles. The summed E-state index contributed by atoms with van der Waals surface area (Å²) in [6.07, 6.45) is 0. The zero-order valence-corrected chi connectivity index (χ0v) is 10.2. The van der Waals surface area contributed by atoms with Gasteiger partial charge >= 0.3 is 0 Å². The van der Waals surface area contributed by atoms with Crippen molar-refractivity contribution in [2.45, 2.75) is 13.5 Å². The summed E-state index contributed by atoms with van der Waals surface area (Å²) in [6.45, 7) is 7.79. The second kappa shape index (κ2) is 6.63. The van der Waals surface area contributed by atoms with Crippen LogP contribution in [0.2, 0.25) is 0 Å². The minimum absolute atomic E-state index is 0.723. The van der Waals surface area contributed by atoms with Crippen LogP contribution < -0.4 is 11.5 Å². The third kappa shape index (κ3) is 3.59. The molecule has 0 unspecified atom stereocenters. The summed E-state index contributed by atoms with van der Waals surface area (Å²) < 4.78 is 0.997. The summed E-state index contributed by atoms with van der Waals surface area (Å²) in [7, 11) is 0. The molecule has 0 saturated carbocycles. The normalized spacial score (nSPS) is 11.7. The van der Waals surface area contributed by atoms with Crippen molar-refractivity contribution in [2.75, 3.05) is 32.7 Å².